The monoisotopic (exact) mass is 372 g/mol. The quantitative estimate of drug-likeness (QED) is 0.704. The Labute approximate surface area is 158 Å². The molecule has 0 aromatic heterocycles. The lowest BCUT2D eigenvalue weighted by Gasteiger charge is -2.17. The highest BCUT2D eigenvalue weighted by molar-refractivity contribution is 6.09. The predicted molar refractivity (Wildman–Crippen MR) is 103 cm³/mol. The fourth-order valence-electron chi connectivity index (χ4n) is 2.52. The average Bonchev–Trinajstić information content (AvgIpc) is 2.64. The Morgan fingerprint density at radius 2 is 1.48 bits per heavy atom. The number of amides is 2. The highest BCUT2D eigenvalue weighted by Gasteiger charge is 2.19. The molecule has 0 bridgehead atoms. The van der Waals surface area contributed by atoms with Crippen LogP contribution in [0.3, 0.4) is 0 Å². The summed E-state index contributed by atoms with van der Waals surface area (Å²) >= 11 is 0. The molecule has 3 N–H and O–H groups in total. The minimum Gasteiger partial charge on any atom is -0.490 e. The van der Waals surface area contributed by atoms with E-state index in [2.05, 4.69) is 5.32 Å². The molecule has 0 saturated carbocycles. The van der Waals surface area contributed by atoms with Crippen molar-refractivity contribution < 1.29 is 23.8 Å². The molecule has 0 saturated heterocycles. The first-order valence-corrected chi connectivity index (χ1v) is 8.78. The maximum atomic E-state index is 12.8. The molecule has 0 heterocycles. The minimum atomic E-state index is -0.623. The summed E-state index contributed by atoms with van der Waals surface area (Å²) in [7, 11) is 0. The van der Waals surface area contributed by atoms with Crippen LogP contribution in [-0.4, -0.2) is 31.6 Å². The maximum absolute atomic E-state index is 12.8. The number of rotatable bonds is 9. The molecule has 2 rings (SSSR count). The van der Waals surface area contributed by atoms with E-state index in [0.717, 1.165) is 0 Å². The topological polar surface area (TPSA) is 99.9 Å². The predicted octanol–water partition coefficient (Wildman–Crippen LogP) is 3.23. The summed E-state index contributed by atoms with van der Waals surface area (Å²) in [5.74, 6) is 0.240. The van der Waals surface area contributed by atoms with Gasteiger partial charge in [-0.25, -0.2) is 0 Å². The normalized spacial score (nSPS) is 10.2. The van der Waals surface area contributed by atoms with Crippen molar-refractivity contribution in [2.45, 2.75) is 20.8 Å². The highest BCUT2D eigenvalue weighted by atomic mass is 16.5. The SMILES string of the molecule is CCOc1cc(C(=O)Nc2ccccc2C(N)=O)cc(OCC)c1OCC. The van der Waals surface area contributed by atoms with Crippen molar-refractivity contribution in [3.63, 3.8) is 0 Å². The number of para-hydroxylation sites is 1. The summed E-state index contributed by atoms with van der Waals surface area (Å²) in [4.78, 5) is 24.3. The Kier molecular flexibility index (Phi) is 7.05. The van der Waals surface area contributed by atoms with E-state index in [9.17, 15) is 9.59 Å². The van der Waals surface area contributed by atoms with E-state index in [1.807, 2.05) is 20.8 Å². The molecule has 2 amide bonds. The first kappa shape index (κ1) is 20.1. The highest BCUT2D eigenvalue weighted by Crippen LogP contribution is 2.39. The molecule has 0 fully saturated rings. The average molecular weight is 372 g/mol. The van der Waals surface area contributed by atoms with Crippen molar-refractivity contribution in [1.82, 2.24) is 0 Å². The number of carbonyl (C=O) groups is 2. The van der Waals surface area contributed by atoms with Gasteiger partial charge in [-0.05, 0) is 45.0 Å². The number of primary amides is 1. The lowest BCUT2D eigenvalue weighted by Crippen LogP contribution is -2.18. The summed E-state index contributed by atoms with van der Waals surface area (Å²) in [5, 5.41) is 2.71. The van der Waals surface area contributed by atoms with Gasteiger partial charge in [0, 0.05) is 5.56 Å². The van der Waals surface area contributed by atoms with Crippen molar-refractivity contribution in [3.05, 3.63) is 47.5 Å². The number of ether oxygens (including phenoxy) is 3. The van der Waals surface area contributed by atoms with Crippen LogP contribution in [0.5, 0.6) is 17.2 Å². The minimum absolute atomic E-state index is 0.229. The number of hydrogen-bond donors (Lipinski definition) is 2. The van der Waals surface area contributed by atoms with E-state index >= 15 is 0 Å². The molecule has 0 radical (unpaired) electrons. The van der Waals surface area contributed by atoms with Crippen LogP contribution in [0, 0.1) is 0 Å². The molecule has 27 heavy (non-hydrogen) atoms. The van der Waals surface area contributed by atoms with Crippen LogP contribution in [0.25, 0.3) is 0 Å². The van der Waals surface area contributed by atoms with Gasteiger partial charge >= 0.3 is 0 Å². The van der Waals surface area contributed by atoms with Gasteiger partial charge in [-0.3, -0.25) is 9.59 Å². The van der Waals surface area contributed by atoms with Gasteiger partial charge in [0.2, 0.25) is 5.75 Å². The van der Waals surface area contributed by atoms with Crippen LogP contribution >= 0.6 is 0 Å². The van der Waals surface area contributed by atoms with Crippen LogP contribution < -0.4 is 25.3 Å². The van der Waals surface area contributed by atoms with Crippen LogP contribution in [0.1, 0.15) is 41.5 Å². The molecular formula is C20H24N2O5. The van der Waals surface area contributed by atoms with Gasteiger partial charge in [0.15, 0.2) is 11.5 Å². The zero-order chi connectivity index (χ0) is 19.8. The molecule has 0 aliphatic carbocycles. The Bertz CT molecular complexity index is 793. The molecule has 0 aliphatic rings. The Hall–Kier alpha value is -3.22. The Morgan fingerprint density at radius 1 is 0.926 bits per heavy atom. The van der Waals surface area contributed by atoms with Crippen LogP contribution in [0.2, 0.25) is 0 Å². The fourth-order valence-corrected chi connectivity index (χ4v) is 2.52. The Morgan fingerprint density at radius 3 is 2.00 bits per heavy atom. The standard InChI is InChI=1S/C20H24N2O5/c1-4-25-16-11-13(12-17(26-5-2)18(16)27-6-3)20(24)22-15-10-8-7-9-14(15)19(21)23/h7-12H,4-6H2,1-3H3,(H2,21,23)(H,22,24). The van der Waals surface area contributed by atoms with E-state index in [-0.39, 0.29) is 5.56 Å². The van der Waals surface area contributed by atoms with Gasteiger partial charge in [0.1, 0.15) is 0 Å². The van der Waals surface area contributed by atoms with Crippen LogP contribution in [0.15, 0.2) is 36.4 Å². The van der Waals surface area contributed by atoms with Crippen molar-refractivity contribution in [2.24, 2.45) is 5.73 Å². The molecule has 7 nitrogen and oxygen atoms in total. The summed E-state index contributed by atoms with van der Waals surface area (Å²) < 4.78 is 16.9. The van der Waals surface area contributed by atoms with Crippen LogP contribution in [-0.2, 0) is 0 Å². The van der Waals surface area contributed by atoms with Crippen molar-refractivity contribution >= 4 is 17.5 Å². The second kappa shape index (κ2) is 9.47. The molecule has 144 valence electrons. The third-order valence-corrected chi connectivity index (χ3v) is 3.61. The van der Waals surface area contributed by atoms with Gasteiger partial charge < -0.3 is 25.3 Å². The largest absolute Gasteiger partial charge is 0.490 e. The zero-order valence-corrected chi connectivity index (χ0v) is 15.7. The Balaban J connectivity index is 2.42. The molecule has 0 aliphatic heterocycles. The number of nitrogens with one attached hydrogen (secondary N) is 1. The zero-order valence-electron chi connectivity index (χ0n) is 15.7. The lowest BCUT2D eigenvalue weighted by atomic mass is 10.1. The number of hydrogen-bond acceptors (Lipinski definition) is 5. The lowest BCUT2D eigenvalue weighted by molar-refractivity contribution is 0.100. The van der Waals surface area contributed by atoms with E-state index in [0.29, 0.717) is 48.3 Å². The molecular weight excluding hydrogens is 348 g/mol. The summed E-state index contributed by atoms with van der Waals surface area (Å²) in [6, 6.07) is 9.70. The van der Waals surface area contributed by atoms with E-state index in [1.54, 1.807) is 36.4 Å². The van der Waals surface area contributed by atoms with Gasteiger partial charge in [0.25, 0.3) is 11.8 Å². The fraction of sp³-hybridized carbons (Fsp3) is 0.300. The molecule has 2 aromatic carbocycles. The molecule has 0 spiro atoms. The second-order valence-corrected chi connectivity index (χ2v) is 5.46. The van der Waals surface area contributed by atoms with E-state index in [1.165, 1.54) is 0 Å². The number of carbonyl (C=O) groups excluding carboxylic acids is 2. The maximum Gasteiger partial charge on any atom is 0.255 e. The van der Waals surface area contributed by atoms with E-state index in [4.69, 9.17) is 19.9 Å². The van der Waals surface area contributed by atoms with E-state index < -0.39 is 11.8 Å². The van der Waals surface area contributed by atoms with Crippen LogP contribution in [0.4, 0.5) is 5.69 Å². The van der Waals surface area contributed by atoms with Crippen molar-refractivity contribution in [3.8, 4) is 17.2 Å². The van der Waals surface area contributed by atoms with Gasteiger partial charge in [-0.15, -0.1) is 0 Å². The molecule has 2 aromatic rings. The van der Waals surface area contributed by atoms with Crippen molar-refractivity contribution in [1.29, 1.82) is 0 Å². The summed E-state index contributed by atoms with van der Waals surface area (Å²) in [6.45, 7) is 6.77. The molecule has 7 heteroatoms. The van der Waals surface area contributed by atoms with Gasteiger partial charge in [-0.2, -0.15) is 0 Å². The molecule has 0 atom stereocenters. The summed E-state index contributed by atoms with van der Waals surface area (Å²) in [5.41, 5.74) is 6.23. The second-order valence-electron chi connectivity index (χ2n) is 5.46. The van der Waals surface area contributed by atoms with Crippen molar-refractivity contribution in [2.75, 3.05) is 25.1 Å². The number of benzene rings is 2. The third kappa shape index (κ3) is 4.91. The van der Waals surface area contributed by atoms with Gasteiger partial charge in [-0.1, -0.05) is 12.1 Å². The first-order valence-electron chi connectivity index (χ1n) is 8.78. The third-order valence-electron chi connectivity index (χ3n) is 3.61. The first-order chi connectivity index (χ1) is 13.0. The number of nitrogens with two attached hydrogens (primary N) is 1. The van der Waals surface area contributed by atoms with Gasteiger partial charge in [0.05, 0.1) is 31.1 Å². The number of anilines is 1. The summed E-state index contributed by atoms with van der Waals surface area (Å²) in [6.07, 6.45) is 0. The molecule has 0 unspecified atom stereocenters. The smallest absolute Gasteiger partial charge is 0.255 e.